The Bertz CT molecular complexity index is 285. The zero-order chi connectivity index (χ0) is 10.4. The van der Waals surface area contributed by atoms with Gasteiger partial charge in [0, 0.05) is 5.33 Å². The first-order valence-corrected chi connectivity index (χ1v) is 5.57. The number of alkyl halides is 1. The molecule has 1 rings (SSSR count). The Labute approximate surface area is 92.4 Å². The van der Waals surface area contributed by atoms with Crippen LogP contribution in [0.5, 0.6) is 0 Å². The normalized spacial score (nSPS) is 12.1. The molecule has 0 saturated carbocycles. The first kappa shape index (κ1) is 11.2. The van der Waals surface area contributed by atoms with E-state index >= 15 is 0 Å². The Morgan fingerprint density at radius 1 is 1.43 bits per heavy atom. The maximum absolute atomic E-state index is 11.3. The van der Waals surface area contributed by atoms with Crippen molar-refractivity contribution in [3.63, 3.8) is 0 Å². The molecule has 0 saturated heterocycles. The van der Waals surface area contributed by atoms with Crippen molar-refractivity contribution in [3.05, 3.63) is 35.9 Å². The fourth-order valence-electron chi connectivity index (χ4n) is 1.27. The lowest BCUT2D eigenvalue weighted by atomic mass is 10.0. The molecule has 0 N–H and O–H groups in total. The van der Waals surface area contributed by atoms with Crippen LogP contribution >= 0.6 is 15.9 Å². The van der Waals surface area contributed by atoms with E-state index in [1.807, 2.05) is 30.3 Å². The average molecular weight is 257 g/mol. The van der Waals surface area contributed by atoms with Crippen LogP contribution in [0.2, 0.25) is 0 Å². The van der Waals surface area contributed by atoms with Gasteiger partial charge in [0.1, 0.15) is 0 Å². The van der Waals surface area contributed by atoms with Gasteiger partial charge >= 0.3 is 5.97 Å². The number of carbonyl (C=O) groups excluding carboxylic acids is 1. The zero-order valence-electron chi connectivity index (χ0n) is 8.07. The molecule has 0 amide bonds. The second kappa shape index (κ2) is 5.81. The van der Waals surface area contributed by atoms with Crippen molar-refractivity contribution in [1.29, 1.82) is 0 Å². The van der Waals surface area contributed by atoms with Crippen LogP contribution in [0.4, 0.5) is 0 Å². The Morgan fingerprint density at radius 2 is 2.07 bits per heavy atom. The Kier molecular flexibility index (Phi) is 4.66. The molecule has 1 aromatic carbocycles. The van der Waals surface area contributed by atoms with Gasteiger partial charge in [-0.25, -0.2) is 0 Å². The summed E-state index contributed by atoms with van der Waals surface area (Å²) in [7, 11) is 1.42. The third-order valence-corrected chi connectivity index (χ3v) is 2.83. The maximum atomic E-state index is 11.3. The molecule has 0 radical (unpaired) electrons. The summed E-state index contributed by atoms with van der Waals surface area (Å²) in [5.41, 5.74) is 1.15. The van der Waals surface area contributed by atoms with Gasteiger partial charge in [0.15, 0.2) is 0 Å². The number of rotatable bonds is 4. The van der Waals surface area contributed by atoms with E-state index in [-0.39, 0.29) is 11.9 Å². The van der Waals surface area contributed by atoms with Crippen LogP contribution in [0.1, 0.15) is 5.56 Å². The molecule has 0 bridgehead atoms. The number of hydrogen-bond acceptors (Lipinski definition) is 2. The van der Waals surface area contributed by atoms with E-state index in [0.29, 0.717) is 5.33 Å². The molecule has 0 unspecified atom stereocenters. The van der Waals surface area contributed by atoms with Crippen LogP contribution < -0.4 is 0 Å². The fourth-order valence-corrected chi connectivity index (χ4v) is 1.76. The molecule has 0 heterocycles. The molecule has 0 aliphatic heterocycles. The van der Waals surface area contributed by atoms with Crippen molar-refractivity contribution >= 4 is 21.9 Å². The highest BCUT2D eigenvalue weighted by Crippen LogP contribution is 2.12. The van der Waals surface area contributed by atoms with E-state index in [9.17, 15) is 4.79 Å². The molecule has 3 heteroatoms. The second-order valence-electron chi connectivity index (χ2n) is 3.06. The third kappa shape index (κ3) is 3.14. The van der Waals surface area contributed by atoms with Gasteiger partial charge < -0.3 is 4.74 Å². The molecule has 0 fully saturated rings. The van der Waals surface area contributed by atoms with Crippen LogP contribution in [0, 0.1) is 5.92 Å². The number of halogens is 1. The van der Waals surface area contributed by atoms with Crippen molar-refractivity contribution in [2.75, 3.05) is 12.4 Å². The van der Waals surface area contributed by atoms with Gasteiger partial charge in [-0.1, -0.05) is 46.3 Å². The lowest BCUT2D eigenvalue weighted by Crippen LogP contribution is -2.19. The highest BCUT2D eigenvalue weighted by molar-refractivity contribution is 9.09. The summed E-state index contributed by atoms with van der Waals surface area (Å²) in [6, 6.07) is 9.93. The maximum Gasteiger partial charge on any atom is 0.309 e. The van der Waals surface area contributed by atoms with Crippen molar-refractivity contribution < 1.29 is 9.53 Å². The molecular formula is C11H13BrO2. The number of hydrogen-bond donors (Lipinski definition) is 0. The molecule has 76 valence electrons. The summed E-state index contributed by atoms with van der Waals surface area (Å²) >= 11 is 3.31. The van der Waals surface area contributed by atoms with Gasteiger partial charge in [-0.15, -0.1) is 0 Å². The van der Waals surface area contributed by atoms with Gasteiger partial charge in [0.05, 0.1) is 13.0 Å². The monoisotopic (exact) mass is 256 g/mol. The summed E-state index contributed by atoms with van der Waals surface area (Å²) in [6.45, 7) is 0. The minimum atomic E-state index is -0.161. The summed E-state index contributed by atoms with van der Waals surface area (Å²) in [6.07, 6.45) is 0.721. The molecular weight excluding hydrogens is 244 g/mol. The Balaban J connectivity index is 2.62. The summed E-state index contributed by atoms with van der Waals surface area (Å²) < 4.78 is 4.71. The SMILES string of the molecule is COC(=O)[C@@H](CBr)Cc1ccccc1. The summed E-state index contributed by atoms with van der Waals surface area (Å²) in [5, 5.41) is 0.633. The first-order valence-electron chi connectivity index (χ1n) is 4.45. The predicted molar refractivity (Wildman–Crippen MR) is 59.4 cm³/mol. The molecule has 0 aliphatic carbocycles. The summed E-state index contributed by atoms with van der Waals surface area (Å²) in [5.74, 6) is -0.256. The molecule has 0 spiro atoms. The Hall–Kier alpha value is -0.830. The highest BCUT2D eigenvalue weighted by Gasteiger charge is 2.17. The van der Waals surface area contributed by atoms with E-state index in [4.69, 9.17) is 4.74 Å². The number of benzene rings is 1. The fraction of sp³-hybridized carbons (Fsp3) is 0.364. The lowest BCUT2D eigenvalue weighted by Gasteiger charge is -2.10. The van der Waals surface area contributed by atoms with Gasteiger partial charge in [-0.05, 0) is 12.0 Å². The Morgan fingerprint density at radius 3 is 2.57 bits per heavy atom. The van der Waals surface area contributed by atoms with E-state index in [1.165, 1.54) is 7.11 Å². The van der Waals surface area contributed by atoms with Gasteiger partial charge in [-0.3, -0.25) is 4.79 Å². The number of esters is 1. The third-order valence-electron chi connectivity index (χ3n) is 2.05. The van der Waals surface area contributed by atoms with Gasteiger partial charge in [0.2, 0.25) is 0 Å². The lowest BCUT2D eigenvalue weighted by molar-refractivity contribution is -0.144. The number of methoxy groups -OCH3 is 1. The van der Waals surface area contributed by atoms with Crippen LogP contribution in [0.15, 0.2) is 30.3 Å². The average Bonchev–Trinajstić information content (AvgIpc) is 2.26. The topological polar surface area (TPSA) is 26.3 Å². The van der Waals surface area contributed by atoms with Crippen molar-refractivity contribution in [1.82, 2.24) is 0 Å². The molecule has 1 atom stereocenters. The van der Waals surface area contributed by atoms with E-state index < -0.39 is 0 Å². The minimum Gasteiger partial charge on any atom is -0.469 e. The van der Waals surface area contributed by atoms with Crippen LogP contribution in [-0.2, 0) is 16.0 Å². The predicted octanol–water partition coefficient (Wildman–Crippen LogP) is 2.41. The van der Waals surface area contributed by atoms with Crippen molar-refractivity contribution in [3.8, 4) is 0 Å². The van der Waals surface area contributed by atoms with Crippen LogP contribution in [0.25, 0.3) is 0 Å². The minimum absolute atomic E-state index is 0.0950. The van der Waals surface area contributed by atoms with Crippen LogP contribution in [0.3, 0.4) is 0 Å². The van der Waals surface area contributed by atoms with Crippen molar-refractivity contribution in [2.24, 2.45) is 5.92 Å². The molecule has 14 heavy (non-hydrogen) atoms. The standard InChI is InChI=1S/C11H13BrO2/c1-14-11(13)10(8-12)7-9-5-3-2-4-6-9/h2-6,10H,7-8H2,1H3/t10-/m1/s1. The van der Waals surface area contributed by atoms with Crippen LogP contribution in [-0.4, -0.2) is 18.4 Å². The van der Waals surface area contributed by atoms with E-state index in [1.54, 1.807) is 0 Å². The highest BCUT2D eigenvalue weighted by atomic mass is 79.9. The molecule has 2 nitrogen and oxygen atoms in total. The van der Waals surface area contributed by atoms with E-state index in [2.05, 4.69) is 15.9 Å². The van der Waals surface area contributed by atoms with Gasteiger partial charge in [0.25, 0.3) is 0 Å². The van der Waals surface area contributed by atoms with E-state index in [0.717, 1.165) is 12.0 Å². The number of ether oxygens (including phenoxy) is 1. The first-order chi connectivity index (χ1) is 6.77. The smallest absolute Gasteiger partial charge is 0.309 e. The number of carbonyl (C=O) groups is 1. The quantitative estimate of drug-likeness (QED) is 0.611. The van der Waals surface area contributed by atoms with Gasteiger partial charge in [-0.2, -0.15) is 0 Å². The second-order valence-corrected chi connectivity index (χ2v) is 3.71. The largest absolute Gasteiger partial charge is 0.469 e. The molecule has 1 aromatic rings. The molecule has 0 aromatic heterocycles. The molecule has 0 aliphatic rings. The zero-order valence-corrected chi connectivity index (χ0v) is 9.66. The van der Waals surface area contributed by atoms with Crippen molar-refractivity contribution in [2.45, 2.75) is 6.42 Å². The summed E-state index contributed by atoms with van der Waals surface area (Å²) in [4.78, 5) is 11.3.